The Morgan fingerprint density at radius 2 is 1.66 bits per heavy atom. The van der Waals surface area contributed by atoms with Crippen molar-refractivity contribution in [2.24, 2.45) is 5.92 Å². The molecule has 0 aliphatic carbocycles. The van der Waals surface area contributed by atoms with Gasteiger partial charge in [0.2, 0.25) is 10.0 Å². The van der Waals surface area contributed by atoms with Gasteiger partial charge in [0, 0.05) is 24.3 Å². The van der Waals surface area contributed by atoms with Crippen molar-refractivity contribution in [3.63, 3.8) is 0 Å². The quantitative estimate of drug-likeness (QED) is 0.386. The molecule has 6 nitrogen and oxygen atoms in total. The Hall–Kier alpha value is -3.32. The van der Waals surface area contributed by atoms with Crippen molar-refractivity contribution in [3.8, 4) is 0 Å². The van der Waals surface area contributed by atoms with Gasteiger partial charge in [-0.15, -0.1) is 0 Å². The first-order chi connectivity index (χ1) is 18.0. The minimum Gasteiger partial charge on any atom is -0.371 e. The van der Waals surface area contributed by atoms with E-state index in [1.54, 1.807) is 12.1 Å². The second-order valence-electron chi connectivity index (χ2n) is 10.7. The standard InChI is InChI=1S/C31H39N3O3S/c1-22-8-7-19-33(20-22)29-17-15-27(16-18-29)25(4)32-31(35)28-13-11-26(12-14-28)21-34(38(5,36)37)30-23(2)9-6-10-24(30)3/h6,9-18,22,25H,7-8,19-21H2,1-5H3,(H,32,35)/t22-,25+/m1/s1. The lowest BCUT2D eigenvalue weighted by Gasteiger charge is -2.33. The largest absolute Gasteiger partial charge is 0.371 e. The first-order valence-electron chi connectivity index (χ1n) is 13.3. The Morgan fingerprint density at radius 3 is 2.24 bits per heavy atom. The molecule has 1 N–H and O–H groups in total. The van der Waals surface area contributed by atoms with Crippen LogP contribution in [0.3, 0.4) is 0 Å². The second-order valence-corrected chi connectivity index (χ2v) is 12.6. The average Bonchev–Trinajstić information content (AvgIpc) is 2.88. The lowest BCUT2D eigenvalue weighted by Crippen LogP contribution is -2.34. The number of hydrogen-bond acceptors (Lipinski definition) is 4. The van der Waals surface area contributed by atoms with Gasteiger partial charge in [0.1, 0.15) is 0 Å². The number of piperidine rings is 1. The number of rotatable bonds is 8. The zero-order valence-corrected chi connectivity index (χ0v) is 23.9. The minimum absolute atomic E-state index is 0.138. The molecule has 202 valence electrons. The summed E-state index contributed by atoms with van der Waals surface area (Å²) in [5, 5.41) is 3.08. The van der Waals surface area contributed by atoms with Crippen LogP contribution in [0, 0.1) is 19.8 Å². The number of hydrogen-bond donors (Lipinski definition) is 1. The number of sulfonamides is 1. The maximum Gasteiger partial charge on any atom is 0.251 e. The summed E-state index contributed by atoms with van der Waals surface area (Å²) < 4.78 is 26.7. The predicted octanol–water partition coefficient (Wildman–Crippen LogP) is 6.00. The van der Waals surface area contributed by atoms with Gasteiger partial charge in [-0.25, -0.2) is 8.42 Å². The number of benzene rings is 3. The van der Waals surface area contributed by atoms with Gasteiger partial charge in [0.25, 0.3) is 5.91 Å². The van der Waals surface area contributed by atoms with Gasteiger partial charge in [0.15, 0.2) is 0 Å². The second kappa shape index (κ2) is 11.6. The molecule has 0 bridgehead atoms. The average molecular weight is 534 g/mol. The van der Waals surface area contributed by atoms with E-state index in [9.17, 15) is 13.2 Å². The molecule has 0 spiro atoms. The maximum absolute atomic E-state index is 13.0. The van der Waals surface area contributed by atoms with Crippen LogP contribution in [0.5, 0.6) is 0 Å². The fourth-order valence-corrected chi connectivity index (χ4v) is 6.25. The summed E-state index contributed by atoms with van der Waals surface area (Å²) in [6.45, 7) is 10.5. The van der Waals surface area contributed by atoms with E-state index < -0.39 is 10.0 Å². The molecule has 1 saturated heterocycles. The summed E-state index contributed by atoms with van der Waals surface area (Å²) in [6, 6.07) is 21.2. The SMILES string of the molecule is Cc1cccc(C)c1N(Cc1ccc(C(=O)N[C@@H](C)c2ccc(N3CCC[C@@H](C)C3)cc2)cc1)S(C)(=O)=O. The number of anilines is 2. The molecular formula is C31H39N3O3S. The van der Waals surface area contributed by atoms with Crippen LogP contribution < -0.4 is 14.5 Å². The summed E-state index contributed by atoms with van der Waals surface area (Å²) in [6.07, 6.45) is 3.74. The molecule has 7 heteroatoms. The van der Waals surface area contributed by atoms with E-state index in [-0.39, 0.29) is 18.5 Å². The Labute approximate surface area is 227 Å². The van der Waals surface area contributed by atoms with E-state index in [4.69, 9.17) is 0 Å². The number of nitrogens with zero attached hydrogens (tertiary/aromatic N) is 2. The van der Waals surface area contributed by atoms with Crippen LogP contribution in [0.4, 0.5) is 11.4 Å². The fraction of sp³-hybridized carbons (Fsp3) is 0.387. The number of aryl methyl sites for hydroxylation is 2. The van der Waals surface area contributed by atoms with Crippen LogP contribution in [-0.4, -0.2) is 33.7 Å². The Kier molecular flexibility index (Phi) is 8.46. The summed E-state index contributed by atoms with van der Waals surface area (Å²) >= 11 is 0. The molecule has 1 aliphatic heterocycles. The Balaban J connectivity index is 1.41. The Bertz CT molecular complexity index is 1350. The van der Waals surface area contributed by atoms with E-state index in [2.05, 4.69) is 41.4 Å². The molecule has 1 heterocycles. The van der Waals surface area contributed by atoms with Crippen LogP contribution in [0.25, 0.3) is 0 Å². The van der Waals surface area contributed by atoms with Crippen LogP contribution >= 0.6 is 0 Å². The highest BCUT2D eigenvalue weighted by atomic mass is 32.2. The van der Waals surface area contributed by atoms with Gasteiger partial charge in [-0.2, -0.15) is 0 Å². The van der Waals surface area contributed by atoms with E-state index >= 15 is 0 Å². The van der Waals surface area contributed by atoms with E-state index in [1.165, 1.54) is 29.1 Å². The molecule has 0 radical (unpaired) electrons. The summed E-state index contributed by atoms with van der Waals surface area (Å²) in [7, 11) is -3.50. The van der Waals surface area contributed by atoms with Gasteiger partial charge in [-0.05, 0) is 86.1 Å². The minimum atomic E-state index is -3.50. The number of para-hydroxylation sites is 1. The molecule has 3 aromatic carbocycles. The molecule has 1 aliphatic rings. The van der Waals surface area contributed by atoms with Crippen LogP contribution in [0.15, 0.2) is 66.7 Å². The molecule has 1 amide bonds. The lowest BCUT2D eigenvalue weighted by atomic mass is 9.99. The molecule has 4 rings (SSSR count). The highest BCUT2D eigenvalue weighted by Gasteiger charge is 2.22. The van der Waals surface area contributed by atoms with Gasteiger partial charge in [-0.3, -0.25) is 9.10 Å². The summed E-state index contributed by atoms with van der Waals surface area (Å²) in [5.74, 6) is 0.557. The van der Waals surface area contributed by atoms with Gasteiger partial charge in [0.05, 0.1) is 24.5 Å². The lowest BCUT2D eigenvalue weighted by molar-refractivity contribution is 0.0940. The molecular weight excluding hydrogens is 494 g/mol. The van der Waals surface area contributed by atoms with E-state index in [0.29, 0.717) is 17.2 Å². The van der Waals surface area contributed by atoms with Gasteiger partial charge >= 0.3 is 0 Å². The third-order valence-corrected chi connectivity index (χ3v) is 8.51. The van der Waals surface area contributed by atoms with Gasteiger partial charge in [-0.1, -0.05) is 49.4 Å². The molecule has 0 saturated carbocycles. The number of nitrogens with one attached hydrogen (secondary N) is 1. The van der Waals surface area contributed by atoms with Crippen molar-refractivity contribution in [1.82, 2.24) is 5.32 Å². The highest BCUT2D eigenvalue weighted by Crippen LogP contribution is 2.29. The monoisotopic (exact) mass is 533 g/mol. The molecule has 38 heavy (non-hydrogen) atoms. The molecule has 0 aromatic heterocycles. The Morgan fingerprint density at radius 1 is 1.03 bits per heavy atom. The first kappa shape index (κ1) is 27.7. The van der Waals surface area contributed by atoms with Crippen molar-refractivity contribution in [3.05, 3.63) is 94.5 Å². The fourth-order valence-electron chi connectivity index (χ4n) is 5.25. The molecule has 0 unspecified atom stereocenters. The molecule has 2 atom stereocenters. The van der Waals surface area contributed by atoms with E-state index in [1.807, 2.05) is 51.1 Å². The first-order valence-corrected chi connectivity index (χ1v) is 15.2. The van der Waals surface area contributed by atoms with Crippen LogP contribution in [0.2, 0.25) is 0 Å². The number of carbonyl (C=O) groups is 1. The summed E-state index contributed by atoms with van der Waals surface area (Å²) in [5.41, 5.74) is 6.15. The van der Waals surface area contributed by atoms with Crippen molar-refractivity contribution in [2.75, 3.05) is 28.6 Å². The van der Waals surface area contributed by atoms with Crippen molar-refractivity contribution < 1.29 is 13.2 Å². The molecule has 1 fully saturated rings. The van der Waals surface area contributed by atoms with Crippen molar-refractivity contribution in [2.45, 2.75) is 53.1 Å². The smallest absolute Gasteiger partial charge is 0.251 e. The van der Waals surface area contributed by atoms with Crippen molar-refractivity contribution >= 4 is 27.3 Å². The zero-order chi connectivity index (χ0) is 27.4. The number of amides is 1. The van der Waals surface area contributed by atoms with Crippen molar-refractivity contribution in [1.29, 1.82) is 0 Å². The highest BCUT2D eigenvalue weighted by molar-refractivity contribution is 7.92. The third kappa shape index (κ3) is 6.57. The molecule has 3 aromatic rings. The predicted molar refractivity (Wildman–Crippen MR) is 156 cm³/mol. The summed E-state index contributed by atoms with van der Waals surface area (Å²) in [4.78, 5) is 15.4. The normalized spacial score (nSPS) is 16.7. The van der Waals surface area contributed by atoms with Crippen LogP contribution in [-0.2, 0) is 16.6 Å². The van der Waals surface area contributed by atoms with E-state index in [0.717, 1.165) is 35.3 Å². The van der Waals surface area contributed by atoms with Crippen LogP contribution in [0.1, 0.15) is 65.3 Å². The topological polar surface area (TPSA) is 69.7 Å². The maximum atomic E-state index is 13.0. The van der Waals surface area contributed by atoms with Gasteiger partial charge < -0.3 is 10.2 Å². The zero-order valence-electron chi connectivity index (χ0n) is 23.1. The number of carbonyl (C=O) groups excluding carboxylic acids is 1. The third-order valence-electron chi connectivity index (χ3n) is 7.39.